The average molecular weight is 303 g/mol. The molecular formula is C14H16F3NO3. The van der Waals surface area contributed by atoms with Gasteiger partial charge in [-0.05, 0) is 23.6 Å². The van der Waals surface area contributed by atoms with Crippen molar-refractivity contribution in [2.45, 2.75) is 33.0 Å². The first kappa shape index (κ1) is 17.0. The fraction of sp³-hybridized carbons (Fsp3) is 0.429. The Hall–Kier alpha value is -2.05. The van der Waals surface area contributed by atoms with E-state index in [0.717, 1.165) is 12.1 Å². The van der Waals surface area contributed by atoms with Crippen molar-refractivity contribution in [1.29, 1.82) is 0 Å². The van der Waals surface area contributed by atoms with Crippen LogP contribution >= 0.6 is 0 Å². The summed E-state index contributed by atoms with van der Waals surface area (Å²) in [6, 6.07) is 2.63. The van der Waals surface area contributed by atoms with Crippen LogP contribution in [0.2, 0.25) is 0 Å². The van der Waals surface area contributed by atoms with E-state index in [1.165, 1.54) is 6.07 Å². The molecule has 0 radical (unpaired) electrons. The van der Waals surface area contributed by atoms with Crippen LogP contribution in [0.5, 0.6) is 0 Å². The topological polar surface area (TPSA) is 66.4 Å². The average Bonchev–Trinajstić information content (AvgIpc) is 2.33. The number of carbonyl (C=O) groups is 2. The molecule has 0 aliphatic rings. The number of aliphatic carboxylic acids is 1. The zero-order valence-corrected chi connectivity index (χ0v) is 11.8. The lowest BCUT2D eigenvalue weighted by atomic mass is 9.86. The van der Waals surface area contributed by atoms with E-state index in [2.05, 4.69) is 5.32 Å². The smallest absolute Gasteiger partial charge is 0.416 e. The monoisotopic (exact) mass is 303 g/mol. The third-order valence-electron chi connectivity index (χ3n) is 2.84. The van der Waals surface area contributed by atoms with E-state index in [0.29, 0.717) is 6.07 Å². The van der Waals surface area contributed by atoms with Crippen LogP contribution in [0.25, 0.3) is 0 Å². The third-order valence-corrected chi connectivity index (χ3v) is 2.84. The van der Waals surface area contributed by atoms with Gasteiger partial charge in [0.25, 0.3) is 5.91 Å². The van der Waals surface area contributed by atoms with E-state index in [1.54, 1.807) is 20.8 Å². The zero-order valence-electron chi connectivity index (χ0n) is 11.8. The summed E-state index contributed by atoms with van der Waals surface area (Å²) in [5.41, 5.74) is -1.97. The Balaban J connectivity index is 3.02. The highest BCUT2D eigenvalue weighted by Gasteiger charge is 2.34. The van der Waals surface area contributed by atoms with Crippen LogP contribution in [-0.2, 0) is 11.0 Å². The molecule has 1 aromatic rings. The molecule has 0 unspecified atom stereocenters. The lowest BCUT2D eigenvalue weighted by Gasteiger charge is -2.27. The molecule has 1 aromatic carbocycles. The molecule has 1 rings (SSSR count). The number of carboxylic acids is 1. The van der Waals surface area contributed by atoms with E-state index in [4.69, 9.17) is 5.11 Å². The van der Waals surface area contributed by atoms with Crippen LogP contribution in [0.4, 0.5) is 13.2 Å². The first-order valence-corrected chi connectivity index (χ1v) is 6.14. The molecule has 21 heavy (non-hydrogen) atoms. The predicted molar refractivity (Wildman–Crippen MR) is 69.8 cm³/mol. The number of benzene rings is 1. The van der Waals surface area contributed by atoms with Gasteiger partial charge in [-0.15, -0.1) is 0 Å². The molecule has 1 amide bonds. The van der Waals surface area contributed by atoms with Crippen molar-refractivity contribution in [3.63, 3.8) is 0 Å². The Bertz CT molecular complexity index is 547. The number of carboxylic acid groups (broad SMARTS) is 1. The molecule has 0 saturated heterocycles. The summed E-state index contributed by atoms with van der Waals surface area (Å²) in [6.45, 7) is 4.83. The normalized spacial score (nSPS) is 13.6. The van der Waals surface area contributed by atoms with Gasteiger partial charge >= 0.3 is 12.1 Å². The van der Waals surface area contributed by atoms with Gasteiger partial charge in [0.05, 0.1) is 5.56 Å². The van der Waals surface area contributed by atoms with Crippen molar-refractivity contribution in [2.75, 3.05) is 0 Å². The van der Waals surface area contributed by atoms with Crippen molar-refractivity contribution in [2.24, 2.45) is 5.41 Å². The Labute approximate surface area is 120 Å². The Kier molecular flexibility index (Phi) is 4.65. The summed E-state index contributed by atoms with van der Waals surface area (Å²) < 4.78 is 37.8. The van der Waals surface area contributed by atoms with E-state index in [1.807, 2.05) is 0 Å². The summed E-state index contributed by atoms with van der Waals surface area (Å²) >= 11 is 0. The van der Waals surface area contributed by atoms with Crippen LogP contribution in [0.3, 0.4) is 0 Å². The number of hydrogen-bond acceptors (Lipinski definition) is 2. The van der Waals surface area contributed by atoms with E-state index < -0.39 is 35.1 Å². The second kappa shape index (κ2) is 5.75. The van der Waals surface area contributed by atoms with E-state index in [-0.39, 0.29) is 5.56 Å². The molecule has 4 nitrogen and oxygen atoms in total. The molecule has 0 spiro atoms. The third kappa shape index (κ3) is 4.47. The fourth-order valence-corrected chi connectivity index (χ4v) is 1.70. The van der Waals surface area contributed by atoms with Gasteiger partial charge in [-0.2, -0.15) is 13.2 Å². The van der Waals surface area contributed by atoms with Crippen LogP contribution in [0, 0.1) is 5.41 Å². The van der Waals surface area contributed by atoms with Gasteiger partial charge in [0.2, 0.25) is 0 Å². The van der Waals surface area contributed by atoms with Crippen molar-refractivity contribution in [3.8, 4) is 0 Å². The maximum absolute atomic E-state index is 12.6. The van der Waals surface area contributed by atoms with Crippen molar-refractivity contribution in [3.05, 3.63) is 35.4 Å². The van der Waals surface area contributed by atoms with Gasteiger partial charge in [-0.3, -0.25) is 4.79 Å². The number of nitrogens with one attached hydrogen (secondary N) is 1. The van der Waals surface area contributed by atoms with Crippen LogP contribution in [0.15, 0.2) is 24.3 Å². The summed E-state index contributed by atoms with van der Waals surface area (Å²) in [4.78, 5) is 23.1. The first-order chi connectivity index (χ1) is 9.43. The van der Waals surface area contributed by atoms with Gasteiger partial charge in [0, 0.05) is 5.56 Å². The number of halogens is 3. The molecule has 2 N–H and O–H groups in total. The maximum atomic E-state index is 12.6. The standard InChI is InChI=1S/C14H16F3NO3/c1-13(2,3)10(12(20)21)18-11(19)8-5-4-6-9(7-8)14(15,16)17/h4-7,10H,1-3H3,(H,18,19)(H,20,21)/t10-/m0/s1. The molecule has 0 heterocycles. The van der Waals surface area contributed by atoms with Crippen molar-refractivity contribution in [1.82, 2.24) is 5.32 Å². The Morgan fingerprint density at radius 2 is 1.76 bits per heavy atom. The number of hydrogen-bond donors (Lipinski definition) is 2. The van der Waals surface area contributed by atoms with Gasteiger partial charge in [0.1, 0.15) is 6.04 Å². The molecule has 0 saturated carbocycles. The Morgan fingerprint density at radius 3 is 2.19 bits per heavy atom. The highest BCUT2D eigenvalue weighted by atomic mass is 19.4. The lowest BCUT2D eigenvalue weighted by molar-refractivity contribution is -0.142. The fourth-order valence-electron chi connectivity index (χ4n) is 1.70. The summed E-state index contributed by atoms with van der Waals surface area (Å²) in [7, 11) is 0. The number of carbonyl (C=O) groups excluding carboxylic acids is 1. The van der Waals surface area contributed by atoms with Crippen molar-refractivity contribution >= 4 is 11.9 Å². The van der Waals surface area contributed by atoms with Crippen LogP contribution in [-0.4, -0.2) is 23.0 Å². The molecule has 7 heteroatoms. The lowest BCUT2D eigenvalue weighted by Crippen LogP contribution is -2.49. The van der Waals surface area contributed by atoms with Gasteiger partial charge in [-0.25, -0.2) is 4.79 Å². The summed E-state index contributed by atoms with van der Waals surface area (Å²) in [6.07, 6.45) is -4.56. The second-order valence-electron chi connectivity index (χ2n) is 5.69. The molecular weight excluding hydrogens is 287 g/mol. The molecule has 0 aromatic heterocycles. The van der Waals surface area contributed by atoms with Gasteiger partial charge in [0.15, 0.2) is 0 Å². The minimum absolute atomic E-state index is 0.236. The highest BCUT2D eigenvalue weighted by Crippen LogP contribution is 2.29. The minimum Gasteiger partial charge on any atom is -0.480 e. The van der Waals surface area contributed by atoms with E-state index >= 15 is 0 Å². The summed E-state index contributed by atoms with van der Waals surface area (Å²) in [5, 5.41) is 11.3. The maximum Gasteiger partial charge on any atom is 0.416 e. The quantitative estimate of drug-likeness (QED) is 0.902. The van der Waals surface area contributed by atoms with E-state index in [9.17, 15) is 22.8 Å². The van der Waals surface area contributed by atoms with Crippen LogP contribution < -0.4 is 5.32 Å². The molecule has 0 aliphatic carbocycles. The number of rotatable bonds is 3. The van der Waals surface area contributed by atoms with Gasteiger partial charge < -0.3 is 10.4 Å². The molecule has 116 valence electrons. The predicted octanol–water partition coefficient (Wildman–Crippen LogP) is 2.93. The van der Waals surface area contributed by atoms with Crippen LogP contribution in [0.1, 0.15) is 36.7 Å². The minimum atomic E-state index is -4.56. The van der Waals surface area contributed by atoms with Gasteiger partial charge in [-0.1, -0.05) is 26.8 Å². The molecule has 0 fully saturated rings. The SMILES string of the molecule is CC(C)(C)[C@@H](NC(=O)c1cccc(C(F)(F)F)c1)C(=O)O. The zero-order chi connectivity index (χ0) is 16.4. The first-order valence-electron chi connectivity index (χ1n) is 6.14. The number of amides is 1. The molecule has 1 atom stereocenters. The van der Waals surface area contributed by atoms with Crippen molar-refractivity contribution < 1.29 is 27.9 Å². The largest absolute Gasteiger partial charge is 0.480 e. The summed E-state index contributed by atoms with van der Waals surface area (Å²) in [5.74, 6) is -2.11. The molecule has 0 bridgehead atoms. The second-order valence-corrected chi connectivity index (χ2v) is 5.69. The Morgan fingerprint density at radius 1 is 1.19 bits per heavy atom. The number of alkyl halides is 3. The molecule has 0 aliphatic heterocycles. The highest BCUT2D eigenvalue weighted by molar-refractivity contribution is 5.96.